The van der Waals surface area contributed by atoms with Crippen molar-refractivity contribution >= 4 is 11.8 Å². The Hall–Kier alpha value is -1.88. The van der Waals surface area contributed by atoms with Crippen molar-refractivity contribution in [3.8, 4) is 0 Å². The van der Waals surface area contributed by atoms with E-state index in [9.17, 15) is 9.59 Å². The maximum absolute atomic E-state index is 12.1. The second-order valence-electron chi connectivity index (χ2n) is 5.77. The predicted octanol–water partition coefficient (Wildman–Crippen LogP) is 0.965. The number of hydrogen-bond donors (Lipinski definition) is 2. The van der Waals surface area contributed by atoms with E-state index in [2.05, 4.69) is 5.32 Å². The summed E-state index contributed by atoms with van der Waals surface area (Å²) in [5, 5.41) is 11.9. The molecule has 2 unspecified atom stereocenters. The van der Waals surface area contributed by atoms with Gasteiger partial charge in [-0.1, -0.05) is 37.3 Å². The normalized spacial score (nSPS) is 19.3. The molecule has 0 radical (unpaired) electrons. The lowest BCUT2D eigenvalue weighted by atomic mass is 10.1. The van der Waals surface area contributed by atoms with Crippen molar-refractivity contribution in [2.45, 2.75) is 32.2 Å². The van der Waals surface area contributed by atoms with Crippen molar-refractivity contribution in [3.63, 3.8) is 0 Å². The molecule has 2 N–H and O–H groups in total. The Morgan fingerprint density at radius 3 is 2.77 bits per heavy atom. The summed E-state index contributed by atoms with van der Waals surface area (Å²) in [6.07, 6.45) is 1.75. The van der Waals surface area contributed by atoms with Crippen LogP contribution in [-0.4, -0.2) is 47.6 Å². The van der Waals surface area contributed by atoms with Gasteiger partial charge in [0.25, 0.3) is 0 Å². The molecule has 1 aromatic carbocycles. The summed E-state index contributed by atoms with van der Waals surface area (Å²) < 4.78 is 0. The predicted molar refractivity (Wildman–Crippen MR) is 84.1 cm³/mol. The smallest absolute Gasteiger partial charge is 0.225 e. The summed E-state index contributed by atoms with van der Waals surface area (Å²) in [5.41, 5.74) is 1.19. The van der Waals surface area contributed by atoms with E-state index in [1.807, 2.05) is 37.3 Å². The molecule has 1 heterocycles. The van der Waals surface area contributed by atoms with E-state index in [1.54, 1.807) is 4.90 Å². The number of carbonyl (C=O) groups excluding carboxylic acids is 2. The highest BCUT2D eigenvalue weighted by Gasteiger charge is 2.34. The van der Waals surface area contributed by atoms with Gasteiger partial charge >= 0.3 is 0 Å². The zero-order valence-corrected chi connectivity index (χ0v) is 13.0. The molecule has 0 spiro atoms. The average Bonchev–Trinajstić information content (AvgIpc) is 2.92. The van der Waals surface area contributed by atoms with Crippen LogP contribution in [0.5, 0.6) is 0 Å². The first-order valence-corrected chi connectivity index (χ1v) is 7.87. The molecule has 120 valence electrons. The molecule has 1 fully saturated rings. The van der Waals surface area contributed by atoms with Crippen LogP contribution in [0.15, 0.2) is 30.3 Å². The Bertz CT molecular complexity index is 500. The largest absolute Gasteiger partial charge is 0.394 e. The number of rotatable bonds is 7. The molecule has 2 amide bonds. The van der Waals surface area contributed by atoms with Gasteiger partial charge in [-0.05, 0) is 18.4 Å². The lowest BCUT2D eigenvalue weighted by Gasteiger charge is -2.18. The first-order chi connectivity index (χ1) is 10.6. The highest BCUT2D eigenvalue weighted by Crippen LogP contribution is 2.18. The van der Waals surface area contributed by atoms with Gasteiger partial charge in [0.2, 0.25) is 11.8 Å². The average molecular weight is 304 g/mol. The van der Waals surface area contributed by atoms with Gasteiger partial charge in [0, 0.05) is 19.5 Å². The monoisotopic (exact) mass is 304 g/mol. The zero-order chi connectivity index (χ0) is 15.9. The van der Waals surface area contributed by atoms with Crippen molar-refractivity contribution in [2.75, 3.05) is 19.7 Å². The Morgan fingerprint density at radius 1 is 1.41 bits per heavy atom. The third-order valence-corrected chi connectivity index (χ3v) is 4.16. The third-order valence-electron chi connectivity index (χ3n) is 4.16. The highest BCUT2D eigenvalue weighted by molar-refractivity contribution is 5.89. The second-order valence-corrected chi connectivity index (χ2v) is 5.77. The van der Waals surface area contributed by atoms with E-state index < -0.39 is 0 Å². The molecular weight excluding hydrogens is 280 g/mol. The van der Waals surface area contributed by atoms with Crippen molar-refractivity contribution in [1.29, 1.82) is 0 Å². The van der Waals surface area contributed by atoms with E-state index in [0.717, 1.165) is 6.42 Å². The summed E-state index contributed by atoms with van der Waals surface area (Å²) in [5.74, 6) is -0.395. The fraction of sp³-hybridized carbons (Fsp3) is 0.529. The maximum Gasteiger partial charge on any atom is 0.225 e. The molecule has 0 saturated carbocycles. The van der Waals surface area contributed by atoms with Crippen LogP contribution in [0.4, 0.5) is 0 Å². The number of amides is 2. The molecule has 0 aromatic heterocycles. The molecule has 0 bridgehead atoms. The molecule has 0 aliphatic carbocycles. The van der Waals surface area contributed by atoms with Crippen LogP contribution >= 0.6 is 0 Å². The number of nitrogens with one attached hydrogen (secondary N) is 1. The van der Waals surface area contributed by atoms with Gasteiger partial charge in [0.15, 0.2) is 0 Å². The molecule has 1 saturated heterocycles. The van der Waals surface area contributed by atoms with Crippen LogP contribution in [0.3, 0.4) is 0 Å². The minimum Gasteiger partial charge on any atom is -0.394 e. The first-order valence-electron chi connectivity index (χ1n) is 7.87. The van der Waals surface area contributed by atoms with E-state index in [1.165, 1.54) is 5.56 Å². The van der Waals surface area contributed by atoms with E-state index in [4.69, 9.17) is 5.11 Å². The van der Waals surface area contributed by atoms with Crippen LogP contribution in [0.2, 0.25) is 0 Å². The first kappa shape index (κ1) is 16.5. The van der Waals surface area contributed by atoms with E-state index in [-0.39, 0.29) is 36.8 Å². The van der Waals surface area contributed by atoms with Crippen LogP contribution in [0, 0.1) is 5.92 Å². The van der Waals surface area contributed by atoms with Crippen LogP contribution in [-0.2, 0) is 16.0 Å². The van der Waals surface area contributed by atoms with Gasteiger partial charge in [-0.2, -0.15) is 0 Å². The molecule has 2 atom stereocenters. The maximum atomic E-state index is 12.1. The fourth-order valence-corrected chi connectivity index (χ4v) is 2.67. The number of nitrogens with zero attached hydrogens (tertiary/aromatic N) is 1. The van der Waals surface area contributed by atoms with Gasteiger partial charge in [0.05, 0.1) is 18.6 Å². The van der Waals surface area contributed by atoms with Crippen LogP contribution in [0.25, 0.3) is 0 Å². The number of benzene rings is 1. The second kappa shape index (κ2) is 7.94. The highest BCUT2D eigenvalue weighted by atomic mass is 16.3. The van der Waals surface area contributed by atoms with Crippen LogP contribution < -0.4 is 5.32 Å². The van der Waals surface area contributed by atoms with Gasteiger partial charge in [-0.3, -0.25) is 9.59 Å². The minimum absolute atomic E-state index is 0.0353. The van der Waals surface area contributed by atoms with E-state index in [0.29, 0.717) is 19.5 Å². The molecule has 5 heteroatoms. The standard InChI is InChI=1S/C17H24N2O3/c1-2-15(12-20)18-17(22)14-10-16(21)19(11-14)9-8-13-6-4-3-5-7-13/h3-7,14-15,20H,2,8-12H2,1H3,(H,18,22). The summed E-state index contributed by atoms with van der Waals surface area (Å²) in [6, 6.07) is 9.79. The number of likely N-dealkylation sites (tertiary alicyclic amines) is 1. The zero-order valence-electron chi connectivity index (χ0n) is 13.0. The molecular formula is C17H24N2O3. The SMILES string of the molecule is CCC(CO)NC(=O)C1CC(=O)N(CCc2ccccc2)C1. The summed E-state index contributed by atoms with van der Waals surface area (Å²) >= 11 is 0. The topological polar surface area (TPSA) is 69.6 Å². The van der Waals surface area contributed by atoms with Gasteiger partial charge in [-0.15, -0.1) is 0 Å². The molecule has 1 aliphatic heterocycles. The van der Waals surface area contributed by atoms with Crippen LogP contribution in [0.1, 0.15) is 25.3 Å². The number of carbonyl (C=O) groups is 2. The Morgan fingerprint density at radius 2 is 2.14 bits per heavy atom. The Balaban J connectivity index is 1.84. The third kappa shape index (κ3) is 4.31. The molecule has 2 rings (SSSR count). The van der Waals surface area contributed by atoms with Gasteiger partial charge in [0.1, 0.15) is 0 Å². The van der Waals surface area contributed by atoms with E-state index >= 15 is 0 Å². The molecule has 5 nitrogen and oxygen atoms in total. The molecule has 1 aromatic rings. The minimum atomic E-state index is -0.302. The lowest BCUT2D eigenvalue weighted by molar-refractivity contribution is -0.129. The fourth-order valence-electron chi connectivity index (χ4n) is 2.67. The summed E-state index contributed by atoms with van der Waals surface area (Å²) in [7, 11) is 0. The van der Waals surface area contributed by atoms with Crippen molar-refractivity contribution < 1.29 is 14.7 Å². The Labute approximate surface area is 131 Å². The Kier molecular flexibility index (Phi) is 5.95. The van der Waals surface area contributed by atoms with Crippen molar-refractivity contribution in [2.24, 2.45) is 5.92 Å². The summed E-state index contributed by atoms with van der Waals surface area (Å²) in [6.45, 7) is 2.96. The molecule has 22 heavy (non-hydrogen) atoms. The summed E-state index contributed by atoms with van der Waals surface area (Å²) in [4.78, 5) is 25.9. The number of hydrogen-bond acceptors (Lipinski definition) is 3. The van der Waals surface area contributed by atoms with Gasteiger partial charge < -0.3 is 15.3 Å². The van der Waals surface area contributed by atoms with Gasteiger partial charge in [-0.25, -0.2) is 0 Å². The number of aliphatic hydroxyl groups is 1. The number of aliphatic hydroxyl groups excluding tert-OH is 1. The molecule has 1 aliphatic rings. The van der Waals surface area contributed by atoms with Crippen molar-refractivity contribution in [3.05, 3.63) is 35.9 Å². The quantitative estimate of drug-likeness (QED) is 0.788. The lowest BCUT2D eigenvalue weighted by Crippen LogP contribution is -2.41. The van der Waals surface area contributed by atoms with Crippen molar-refractivity contribution in [1.82, 2.24) is 10.2 Å².